The summed E-state index contributed by atoms with van der Waals surface area (Å²) in [6.45, 7) is 0.670. The molecule has 1 aliphatic rings. The Morgan fingerprint density at radius 2 is 1.53 bits per heavy atom. The summed E-state index contributed by atoms with van der Waals surface area (Å²) >= 11 is 6.32. The molecule has 0 fully saturated rings. The van der Waals surface area contributed by atoms with E-state index in [0.29, 0.717) is 6.54 Å². The molecule has 0 unspecified atom stereocenters. The SMILES string of the molecule is ClN1Cc2ccccc2C#Cc2ccccc21. The van der Waals surface area contributed by atoms with Gasteiger partial charge in [0.2, 0.25) is 0 Å². The summed E-state index contributed by atoms with van der Waals surface area (Å²) in [6, 6.07) is 16.0. The lowest BCUT2D eigenvalue weighted by Crippen LogP contribution is -2.13. The highest BCUT2D eigenvalue weighted by atomic mass is 35.5. The molecule has 0 spiro atoms. The van der Waals surface area contributed by atoms with Crippen LogP contribution in [0.5, 0.6) is 0 Å². The maximum absolute atomic E-state index is 6.32. The van der Waals surface area contributed by atoms with Gasteiger partial charge in [0, 0.05) is 22.9 Å². The minimum atomic E-state index is 0.670. The summed E-state index contributed by atoms with van der Waals surface area (Å²) in [5, 5.41) is 0. The zero-order valence-electron chi connectivity index (χ0n) is 9.15. The van der Waals surface area contributed by atoms with Gasteiger partial charge in [0.25, 0.3) is 0 Å². The van der Waals surface area contributed by atoms with Crippen molar-refractivity contribution in [3.8, 4) is 11.8 Å². The van der Waals surface area contributed by atoms with E-state index in [-0.39, 0.29) is 0 Å². The molecule has 17 heavy (non-hydrogen) atoms. The van der Waals surface area contributed by atoms with Gasteiger partial charge in [-0.25, -0.2) is 0 Å². The van der Waals surface area contributed by atoms with E-state index in [1.807, 2.05) is 42.5 Å². The van der Waals surface area contributed by atoms with E-state index < -0.39 is 0 Å². The van der Waals surface area contributed by atoms with Crippen molar-refractivity contribution in [1.82, 2.24) is 0 Å². The van der Waals surface area contributed by atoms with Crippen LogP contribution in [0.15, 0.2) is 48.5 Å². The number of rotatable bonds is 0. The number of fused-ring (bicyclic) bond motifs is 2. The van der Waals surface area contributed by atoms with E-state index in [1.165, 1.54) is 0 Å². The number of halogens is 1. The minimum absolute atomic E-state index is 0.670. The first kappa shape index (κ1) is 10.3. The van der Waals surface area contributed by atoms with Crippen LogP contribution in [0.25, 0.3) is 0 Å². The van der Waals surface area contributed by atoms with Crippen molar-refractivity contribution >= 4 is 17.5 Å². The standard InChI is InChI=1S/C15H10ClN/c16-17-11-14-7-2-1-5-12(14)9-10-13-6-3-4-8-15(13)17/h1-8H,11H2. The summed E-state index contributed by atoms with van der Waals surface area (Å²) in [5.41, 5.74) is 4.14. The monoisotopic (exact) mass is 239 g/mol. The molecule has 2 aromatic carbocycles. The molecule has 0 radical (unpaired) electrons. The largest absolute Gasteiger partial charge is 0.280 e. The normalized spacial score (nSPS) is 12.6. The number of hydrogen-bond acceptors (Lipinski definition) is 1. The zero-order chi connectivity index (χ0) is 11.7. The Morgan fingerprint density at radius 1 is 0.882 bits per heavy atom. The Kier molecular flexibility index (Phi) is 2.51. The molecule has 0 bridgehead atoms. The lowest BCUT2D eigenvalue weighted by atomic mass is 10.0. The van der Waals surface area contributed by atoms with Crippen molar-refractivity contribution in [3.63, 3.8) is 0 Å². The number of para-hydroxylation sites is 1. The molecule has 0 aliphatic carbocycles. The van der Waals surface area contributed by atoms with Crippen LogP contribution in [0.1, 0.15) is 16.7 Å². The predicted molar refractivity (Wildman–Crippen MR) is 70.9 cm³/mol. The summed E-state index contributed by atoms with van der Waals surface area (Å²) in [6.07, 6.45) is 0. The minimum Gasteiger partial charge on any atom is -0.280 e. The van der Waals surface area contributed by atoms with Crippen LogP contribution in [0.2, 0.25) is 0 Å². The van der Waals surface area contributed by atoms with Gasteiger partial charge < -0.3 is 0 Å². The average Bonchev–Trinajstić information content (AvgIpc) is 2.36. The van der Waals surface area contributed by atoms with Crippen molar-refractivity contribution in [2.75, 3.05) is 4.42 Å². The molecular formula is C15H10ClN. The van der Waals surface area contributed by atoms with E-state index in [4.69, 9.17) is 11.8 Å². The third kappa shape index (κ3) is 1.88. The molecule has 1 nitrogen and oxygen atoms in total. The van der Waals surface area contributed by atoms with Crippen molar-refractivity contribution < 1.29 is 0 Å². The smallest absolute Gasteiger partial charge is 0.0683 e. The number of hydrogen-bond donors (Lipinski definition) is 0. The van der Waals surface area contributed by atoms with Crippen LogP contribution in [-0.2, 0) is 6.54 Å². The van der Waals surface area contributed by atoms with E-state index in [9.17, 15) is 0 Å². The highest BCUT2D eigenvalue weighted by molar-refractivity contribution is 6.25. The Labute approximate surface area is 106 Å². The summed E-state index contributed by atoms with van der Waals surface area (Å²) in [5.74, 6) is 6.38. The van der Waals surface area contributed by atoms with Gasteiger partial charge in [0.1, 0.15) is 0 Å². The first-order valence-corrected chi connectivity index (χ1v) is 5.81. The Hall–Kier alpha value is -1.91. The average molecular weight is 240 g/mol. The topological polar surface area (TPSA) is 3.24 Å². The molecule has 0 saturated heterocycles. The molecule has 0 saturated carbocycles. The fourth-order valence-corrected chi connectivity index (χ4v) is 2.22. The van der Waals surface area contributed by atoms with Gasteiger partial charge in [-0.3, -0.25) is 4.42 Å². The van der Waals surface area contributed by atoms with Crippen LogP contribution >= 0.6 is 11.8 Å². The molecule has 2 heteroatoms. The van der Waals surface area contributed by atoms with Gasteiger partial charge in [-0.05, 0) is 23.8 Å². The summed E-state index contributed by atoms with van der Waals surface area (Å²) < 4.78 is 1.72. The van der Waals surface area contributed by atoms with Crippen LogP contribution in [0.4, 0.5) is 5.69 Å². The molecule has 0 N–H and O–H groups in total. The van der Waals surface area contributed by atoms with Crippen molar-refractivity contribution in [1.29, 1.82) is 0 Å². The fourth-order valence-electron chi connectivity index (χ4n) is 1.94. The summed E-state index contributed by atoms with van der Waals surface area (Å²) in [4.78, 5) is 0. The molecule has 0 amide bonds. The molecule has 2 aromatic rings. The first-order chi connectivity index (χ1) is 8.34. The van der Waals surface area contributed by atoms with Gasteiger partial charge in [-0.1, -0.05) is 42.2 Å². The quantitative estimate of drug-likeness (QED) is 0.502. The van der Waals surface area contributed by atoms with E-state index in [2.05, 4.69) is 17.9 Å². The molecule has 0 atom stereocenters. The maximum Gasteiger partial charge on any atom is 0.0683 e. The van der Waals surface area contributed by atoms with Gasteiger partial charge in [0.05, 0.1) is 12.2 Å². The fraction of sp³-hybridized carbons (Fsp3) is 0.0667. The number of anilines is 1. The third-order valence-electron chi connectivity index (χ3n) is 2.82. The van der Waals surface area contributed by atoms with Crippen molar-refractivity contribution in [3.05, 3.63) is 65.2 Å². The highest BCUT2D eigenvalue weighted by Crippen LogP contribution is 2.26. The molecule has 82 valence electrons. The summed E-state index contributed by atoms with van der Waals surface area (Å²) in [7, 11) is 0. The third-order valence-corrected chi connectivity index (χ3v) is 3.13. The van der Waals surface area contributed by atoms with Gasteiger partial charge in [-0.2, -0.15) is 0 Å². The van der Waals surface area contributed by atoms with E-state index in [0.717, 1.165) is 22.4 Å². The molecule has 1 aliphatic heterocycles. The van der Waals surface area contributed by atoms with Crippen molar-refractivity contribution in [2.24, 2.45) is 0 Å². The van der Waals surface area contributed by atoms with Gasteiger partial charge >= 0.3 is 0 Å². The number of benzene rings is 2. The van der Waals surface area contributed by atoms with Crippen LogP contribution in [0, 0.1) is 11.8 Å². The van der Waals surface area contributed by atoms with Gasteiger partial charge in [-0.15, -0.1) is 0 Å². The van der Waals surface area contributed by atoms with Gasteiger partial charge in [0.15, 0.2) is 0 Å². The van der Waals surface area contributed by atoms with Crippen LogP contribution in [0.3, 0.4) is 0 Å². The van der Waals surface area contributed by atoms with Crippen LogP contribution < -0.4 is 4.42 Å². The Bertz CT molecular complexity index is 622. The Morgan fingerprint density at radius 3 is 2.41 bits per heavy atom. The lowest BCUT2D eigenvalue weighted by molar-refractivity contribution is 1.03. The molecular weight excluding hydrogens is 230 g/mol. The zero-order valence-corrected chi connectivity index (χ0v) is 9.91. The van der Waals surface area contributed by atoms with E-state index >= 15 is 0 Å². The first-order valence-electron chi connectivity index (χ1n) is 5.47. The Balaban J connectivity index is 2.20. The molecule has 0 aromatic heterocycles. The van der Waals surface area contributed by atoms with Crippen LogP contribution in [-0.4, -0.2) is 0 Å². The second-order valence-electron chi connectivity index (χ2n) is 3.94. The lowest BCUT2D eigenvalue weighted by Gasteiger charge is -2.19. The maximum atomic E-state index is 6.32. The highest BCUT2D eigenvalue weighted by Gasteiger charge is 2.12. The number of nitrogens with zero attached hydrogens (tertiary/aromatic N) is 1. The second kappa shape index (κ2) is 4.16. The molecule has 3 rings (SSSR count). The second-order valence-corrected chi connectivity index (χ2v) is 4.35. The predicted octanol–water partition coefficient (Wildman–Crippen LogP) is 3.56. The molecule has 1 heterocycles. The van der Waals surface area contributed by atoms with Crippen molar-refractivity contribution in [2.45, 2.75) is 6.54 Å². The van der Waals surface area contributed by atoms with E-state index in [1.54, 1.807) is 4.42 Å².